The van der Waals surface area contributed by atoms with Gasteiger partial charge in [-0.3, -0.25) is 9.59 Å². The summed E-state index contributed by atoms with van der Waals surface area (Å²) in [4.78, 5) is 27.3. The van der Waals surface area contributed by atoms with Crippen molar-refractivity contribution in [2.75, 3.05) is 24.3 Å². The molecule has 2 aromatic rings. The fourth-order valence-corrected chi connectivity index (χ4v) is 3.28. The maximum absolute atomic E-state index is 13.1. The normalized spacial score (nSPS) is 11.6. The molecule has 0 aromatic heterocycles. The van der Waals surface area contributed by atoms with Crippen LogP contribution in [0, 0.1) is 11.7 Å². The van der Waals surface area contributed by atoms with Crippen LogP contribution in [-0.4, -0.2) is 25.9 Å². The Hall–Kier alpha value is -2.89. The molecule has 162 valence electrons. The summed E-state index contributed by atoms with van der Waals surface area (Å²) in [6.45, 7) is 4.42. The van der Waals surface area contributed by atoms with Crippen LogP contribution in [-0.2, 0) is 11.3 Å². The third kappa shape index (κ3) is 6.58. The van der Waals surface area contributed by atoms with E-state index in [-0.39, 0.29) is 30.1 Å². The van der Waals surface area contributed by atoms with Gasteiger partial charge < -0.3 is 15.5 Å². The second-order valence-corrected chi connectivity index (χ2v) is 7.67. The Morgan fingerprint density at radius 3 is 2.37 bits per heavy atom. The molecule has 0 saturated heterocycles. The number of nitrogens with zero attached hydrogens (tertiary/aromatic N) is 1. The summed E-state index contributed by atoms with van der Waals surface area (Å²) in [5.41, 5.74) is 2.64. The third-order valence-electron chi connectivity index (χ3n) is 5.13. The van der Waals surface area contributed by atoms with Gasteiger partial charge in [0.25, 0.3) is 5.91 Å². The molecule has 30 heavy (non-hydrogen) atoms. The molecule has 0 radical (unpaired) electrons. The quantitative estimate of drug-likeness (QED) is 0.578. The molecule has 2 rings (SSSR count). The molecule has 0 fully saturated rings. The number of rotatable bonds is 10. The summed E-state index contributed by atoms with van der Waals surface area (Å²) in [7, 11) is 3.73. The maximum Gasteiger partial charge on any atom is 0.253 e. The summed E-state index contributed by atoms with van der Waals surface area (Å²) in [6.07, 6.45) is 3.72. The van der Waals surface area contributed by atoms with Crippen molar-refractivity contribution in [1.29, 1.82) is 0 Å². The number of hydrogen-bond acceptors (Lipinski definition) is 3. The minimum atomic E-state index is -0.312. The van der Waals surface area contributed by atoms with Crippen molar-refractivity contribution in [3.8, 4) is 0 Å². The van der Waals surface area contributed by atoms with Crippen LogP contribution in [0.15, 0.2) is 42.5 Å². The Morgan fingerprint density at radius 1 is 1.07 bits per heavy atom. The molecule has 0 aliphatic carbocycles. The monoisotopic (exact) mass is 413 g/mol. The second kappa shape index (κ2) is 11.3. The van der Waals surface area contributed by atoms with Gasteiger partial charge in [-0.15, -0.1) is 0 Å². The summed E-state index contributed by atoms with van der Waals surface area (Å²) in [5.74, 6) is -0.611. The molecular formula is C24H32FN3O2. The van der Waals surface area contributed by atoms with Gasteiger partial charge in [-0.05, 0) is 48.7 Å². The van der Waals surface area contributed by atoms with E-state index in [9.17, 15) is 14.0 Å². The van der Waals surface area contributed by atoms with Gasteiger partial charge in [0, 0.05) is 37.9 Å². The van der Waals surface area contributed by atoms with E-state index in [0.29, 0.717) is 11.3 Å². The van der Waals surface area contributed by atoms with Crippen LogP contribution in [0.3, 0.4) is 0 Å². The fourth-order valence-electron chi connectivity index (χ4n) is 3.28. The van der Waals surface area contributed by atoms with Crippen molar-refractivity contribution >= 4 is 23.2 Å². The van der Waals surface area contributed by atoms with Crippen LogP contribution in [0.5, 0.6) is 0 Å². The minimum Gasteiger partial charge on any atom is -0.377 e. The van der Waals surface area contributed by atoms with Gasteiger partial charge in [0.05, 0.1) is 5.56 Å². The smallest absolute Gasteiger partial charge is 0.253 e. The number of hydrogen-bond donors (Lipinski definition) is 2. The van der Waals surface area contributed by atoms with Crippen LogP contribution in [0.4, 0.5) is 15.8 Å². The maximum atomic E-state index is 13.1. The lowest BCUT2D eigenvalue weighted by Crippen LogP contribution is -2.26. The first kappa shape index (κ1) is 23.4. The first-order valence-electron chi connectivity index (χ1n) is 10.5. The topological polar surface area (TPSA) is 61.4 Å². The summed E-state index contributed by atoms with van der Waals surface area (Å²) in [5, 5.41) is 5.84. The van der Waals surface area contributed by atoms with Gasteiger partial charge in [-0.1, -0.05) is 38.8 Å². The zero-order valence-electron chi connectivity index (χ0n) is 18.3. The van der Waals surface area contributed by atoms with Crippen molar-refractivity contribution in [2.45, 2.75) is 46.1 Å². The first-order valence-corrected chi connectivity index (χ1v) is 10.5. The Bertz CT molecular complexity index is 850. The van der Waals surface area contributed by atoms with E-state index in [1.54, 1.807) is 18.2 Å². The van der Waals surface area contributed by atoms with Gasteiger partial charge in [0.1, 0.15) is 5.82 Å². The van der Waals surface area contributed by atoms with E-state index in [0.717, 1.165) is 36.9 Å². The van der Waals surface area contributed by atoms with Crippen molar-refractivity contribution in [1.82, 2.24) is 5.32 Å². The minimum absolute atomic E-state index is 0.0128. The number of benzene rings is 2. The van der Waals surface area contributed by atoms with Gasteiger partial charge in [-0.25, -0.2) is 4.39 Å². The second-order valence-electron chi connectivity index (χ2n) is 7.67. The molecule has 0 unspecified atom stereocenters. The van der Waals surface area contributed by atoms with Crippen molar-refractivity contribution < 1.29 is 14.0 Å². The third-order valence-corrected chi connectivity index (χ3v) is 5.13. The van der Waals surface area contributed by atoms with Gasteiger partial charge >= 0.3 is 0 Å². The lowest BCUT2D eigenvalue weighted by atomic mass is 9.98. The summed E-state index contributed by atoms with van der Waals surface area (Å²) in [6, 6.07) is 11.4. The van der Waals surface area contributed by atoms with Crippen molar-refractivity contribution in [3.63, 3.8) is 0 Å². The molecular weight excluding hydrogens is 381 g/mol. The molecule has 0 heterocycles. The lowest BCUT2D eigenvalue weighted by molar-refractivity contribution is -0.120. The summed E-state index contributed by atoms with van der Waals surface area (Å²) < 4.78 is 13.1. The molecule has 2 aromatic carbocycles. The number of carbonyl (C=O) groups excluding carboxylic acids is 2. The van der Waals surface area contributed by atoms with Gasteiger partial charge in [0.15, 0.2) is 0 Å². The zero-order valence-corrected chi connectivity index (χ0v) is 18.3. The molecule has 1 atom stereocenters. The van der Waals surface area contributed by atoms with Crippen LogP contribution in [0.2, 0.25) is 0 Å². The number of anilines is 2. The number of nitrogens with one attached hydrogen (secondary N) is 2. The Balaban J connectivity index is 2.15. The van der Waals surface area contributed by atoms with Crippen LogP contribution < -0.4 is 15.5 Å². The van der Waals surface area contributed by atoms with E-state index in [1.807, 2.05) is 38.1 Å². The number of unbranched alkanes of at least 4 members (excludes halogenated alkanes) is 1. The van der Waals surface area contributed by atoms with E-state index in [4.69, 9.17) is 0 Å². The van der Waals surface area contributed by atoms with Crippen molar-refractivity contribution in [2.24, 2.45) is 5.92 Å². The van der Waals surface area contributed by atoms with Gasteiger partial charge in [-0.2, -0.15) is 0 Å². The molecule has 0 saturated carbocycles. The van der Waals surface area contributed by atoms with Crippen LogP contribution in [0.1, 0.15) is 55.5 Å². The number of amides is 2. The molecule has 0 bridgehead atoms. The first-order chi connectivity index (χ1) is 14.3. The van der Waals surface area contributed by atoms with Gasteiger partial charge in [0.2, 0.25) is 5.91 Å². The molecule has 5 nitrogen and oxygen atoms in total. The molecule has 0 aliphatic heterocycles. The largest absolute Gasteiger partial charge is 0.377 e. The average molecular weight is 414 g/mol. The number of carbonyl (C=O) groups is 2. The Labute approximate surface area is 178 Å². The number of halogens is 1. The molecule has 2 N–H and O–H groups in total. The molecule has 0 aliphatic rings. The highest BCUT2D eigenvalue weighted by Crippen LogP contribution is 2.24. The standard InChI is InChI=1S/C24H32FN3O2/c1-5-7-8-18(6-2)23(29)27-20-13-14-22(28(3)4)21(15-20)24(30)26-16-17-9-11-19(25)12-10-17/h9-15,18H,5-8,16H2,1-4H3,(H,26,30)(H,27,29)/t18-/m1/s1. The highest BCUT2D eigenvalue weighted by Gasteiger charge is 2.18. The zero-order chi connectivity index (χ0) is 22.1. The van der Waals surface area contributed by atoms with E-state index in [2.05, 4.69) is 17.6 Å². The highest BCUT2D eigenvalue weighted by atomic mass is 19.1. The highest BCUT2D eigenvalue weighted by molar-refractivity contribution is 6.02. The van der Waals surface area contributed by atoms with E-state index in [1.165, 1.54) is 12.1 Å². The van der Waals surface area contributed by atoms with Crippen LogP contribution in [0.25, 0.3) is 0 Å². The lowest BCUT2D eigenvalue weighted by Gasteiger charge is -2.20. The molecule has 2 amide bonds. The fraction of sp³-hybridized carbons (Fsp3) is 0.417. The van der Waals surface area contributed by atoms with E-state index < -0.39 is 0 Å². The Kier molecular flexibility index (Phi) is 8.84. The predicted molar refractivity (Wildman–Crippen MR) is 120 cm³/mol. The Morgan fingerprint density at radius 2 is 1.77 bits per heavy atom. The summed E-state index contributed by atoms with van der Waals surface area (Å²) >= 11 is 0. The SMILES string of the molecule is CCCC[C@@H](CC)C(=O)Nc1ccc(N(C)C)c(C(=O)NCc2ccc(F)cc2)c1. The van der Waals surface area contributed by atoms with Crippen molar-refractivity contribution in [3.05, 3.63) is 59.4 Å². The van der Waals surface area contributed by atoms with E-state index >= 15 is 0 Å². The van der Waals surface area contributed by atoms with Crippen LogP contribution >= 0.6 is 0 Å². The average Bonchev–Trinajstić information content (AvgIpc) is 2.73. The molecule has 6 heteroatoms. The molecule has 0 spiro atoms. The predicted octanol–water partition coefficient (Wildman–Crippen LogP) is 4.98.